The van der Waals surface area contributed by atoms with Crippen LogP contribution in [0.5, 0.6) is 0 Å². The number of amides is 2. The monoisotopic (exact) mass is 448 g/mol. The molecule has 2 heterocycles. The molecule has 0 bridgehead atoms. The highest BCUT2D eigenvalue weighted by molar-refractivity contribution is 6.32. The minimum Gasteiger partial charge on any atom is -0.480 e. The molecule has 4 atom stereocenters. The summed E-state index contributed by atoms with van der Waals surface area (Å²) in [5.74, 6) is -4.01. The van der Waals surface area contributed by atoms with Crippen LogP contribution < -0.4 is 10.2 Å². The molecule has 7 heteroatoms. The van der Waals surface area contributed by atoms with E-state index in [0.717, 1.165) is 26.8 Å². The van der Waals surface area contributed by atoms with Crippen LogP contribution >= 0.6 is 11.6 Å². The summed E-state index contributed by atoms with van der Waals surface area (Å²) in [4.78, 5) is 40.6. The van der Waals surface area contributed by atoms with Crippen molar-refractivity contribution in [2.24, 2.45) is 11.8 Å². The molecule has 0 aromatic heterocycles. The first-order valence-corrected chi connectivity index (χ1v) is 10.7. The van der Waals surface area contributed by atoms with E-state index in [9.17, 15) is 19.5 Å². The molecular weight excluding hydrogens is 428 g/mol. The lowest BCUT2D eigenvalue weighted by atomic mass is 9.80. The number of nitrogens with zero attached hydrogens (tertiary/aromatic N) is 1. The van der Waals surface area contributed by atoms with Crippen LogP contribution in [-0.2, 0) is 14.4 Å². The Morgan fingerprint density at radius 3 is 2.50 bits per heavy atom. The summed E-state index contributed by atoms with van der Waals surface area (Å²) in [6, 6.07) is 17.8. The van der Waals surface area contributed by atoms with Gasteiger partial charge in [-0.15, -0.1) is 0 Å². The highest BCUT2D eigenvalue weighted by atomic mass is 35.5. The molecule has 32 heavy (non-hydrogen) atoms. The Morgan fingerprint density at radius 1 is 1.06 bits per heavy atom. The van der Waals surface area contributed by atoms with E-state index in [1.807, 2.05) is 49.4 Å². The van der Waals surface area contributed by atoms with Gasteiger partial charge in [-0.25, -0.2) is 4.90 Å². The van der Waals surface area contributed by atoms with Crippen LogP contribution in [0, 0.1) is 18.8 Å². The molecule has 2 amide bonds. The van der Waals surface area contributed by atoms with Gasteiger partial charge >= 0.3 is 5.97 Å². The van der Waals surface area contributed by atoms with Crippen molar-refractivity contribution in [1.82, 2.24) is 5.32 Å². The number of anilines is 1. The summed E-state index contributed by atoms with van der Waals surface area (Å²) in [5.41, 5.74) is 0.380. The third kappa shape index (κ3) is 2.80. The Hall–Kier alpha value is -3.22. The average Bonchev–Trinajstić information content (AvgIpc) is 3.23. The third-order valence-electron chi connectivity index (χ3n) is 6.80. The number of nitrogens with one attached hydrogen (secondary N) is 1. The van der Waals surface area contributed by atoms with Crippen LogP contribution in [0.3, 0.4) is 0 Å². The maximum Gasteiger partial charge on any atom is 0.324 e. The summed E-state index contributed by atoms with van der Waals surface area (Å²) >= 11 is 6.25. The number of halogens is 1. The first-order chi connectivity index (χ1) is 15.2. The molecule has 0 saturated carbocycles. The van der Waals surface area contributed by atoms with Gasteiger partial charge < -0.3 is 5.11 Å². The number of aryl methyl sites for hydroxylation is 1. The summed E-state index contributed by atoms with van der Waals surface area (Å²) in [6.07, 6.45) is 0. The van der Waals surface area contributed by atoms with E-state index >= 15 is 0 Å². The topological polar surface area (TPSA) is 86.7 Å². The van der Waals surface area contributed by atoms with E-state index < -0.39 is 41.2 Å². The molecular formula is C25H21ClN2O4. The number of aliphatic carboxylic acids is 1. The lowest BCUT2D eigenvalue weighted by Gasteiger charge is -2.27. The minimum atomic E-state index is -1.59. The Balaban J connectivity index is 1.67. The second kappa shape index (κ2) is 7.15. The molecule has 6 nitrogen and oxygen atoms in total. The first-order valence-electron chi connectivity index (χ1n) is 10.4. The number of fused-ring (bicyclic) bond motifs is 2. The van der Waals surface area contributed by atoms with Crippen molar-refractivity contribution in [1.29, 1.82) is 0 Å². The molecule has 4 unspecified atom stereocenters. The second-order valence-corrected chi connectivity index (χ2v) is 9.05. The van der Waals surface area contributed by atoms with Crippen molar-refractivity contribution >= 4 is 45.8 Å². The number of carboxylic acid groups (broad SMARTS) is 1. The Labute approximate surface area is 189 Å². The van der Waals surface area contributed by atoms with Gasteiger partial charge in [-0.05, 0) is 47.9 Å². The Morgan fingerprint density at radius 2 is 1.78 bits per heavy atom. The van der Waals surface area contributed by atoms with Gasteiger partial charge in [-0.2, -0.15) is 0 Å². The number of carboxylic acids is 1. The summed E-state index contributed by atoms with van der Waals surface area (Å²) in [6.45, 7) is 3.31. The molecule has 0 aliphatic carbocycles. The molecule has 2 N–H and O–H groups in total. The molecule has 2 saturated heterocycles. The molecule has 162 valence electrons. The lowest BCUT2D eigenvalue weighted by Crippen LogP contribution is -2.53. The van der Waals surface area contributed by atoms with Crippen molar-refractivity contribution in [2.45, 2.75) is 25.4 Å². The van der Waals surface area contributed by atoms with Crippen LogP contribution in [0.25, 0.3) is 10.8 Å². The van der Waals surface area contributed by atoms with Gasteiger partial charge in [0.2, 0.25) is 11.8 Å². The van der Waals surface area contributed by atoms with Crippen LogP contribution in [0.1, 0.15) is 24.1 Å². The molecule has 2 fully saturated rings. The molecule has 2 aliphatic heterocycles. The van der Waals surface area contributed by atoms with Crippen molar-refractivity contribution in [2.75, 3.05) is 4.90 Å². The number of imide groups is 1. The number of carbonyl (C=O) groups is 3. The zero-order valence-electron chi connectivity index (χ0n) is 17.5. The van der Waals surface area contributed by atoms with Gasteiger partial charge in [0.25, 0.3) is 0 Å². The minimum absolute atomic E-state index is 0.356. The summed E-state index contributed by atoms with van der Waals surface area (Å²) in [7, 11) is 0. The number of benzene rings is 3. The van der Waals surface area contributed by atoms with Gasteiger partial charge in [0.15, 0.2) is 0 Å². The molecule has 0 radical (unpaired) electrons. The highest BCUT2D eigenvalue weighted by Gasteiger charge is 2.67. The van der Waals surface area contributed by atoms with Crippen molar-refractivity contribution in [3.05, 3.63) is 76.8 Å². The predicted octanol–water partition coefficient (Wildman–Crippen LogP) is 4.10. The average molecular weight is 449 g/mol. The third-order valence-corrected chi connectivity index (χ3v) is 7.21. The van der Waals surface area contributed by atoms with Crippen LogP contribution in [-0.4, -0.2) is 28.4 Å². The van der Waals surface area contributed by atoms with Gasteiger partial charge in [0.05, 0.1) is 17.5 Å². The van der Waals surface area contributed by atoms with Crippen LogP contribution in [0.15, 0.2) is 60.7 Å². The van der Waals surface area contributed by atoms with Crippen molar-refractivity contribution in [3.63, 3.8) is 0 Å². The smallest absolute Gasteiger partial charge is 0.324 e. The number of hydrogen-bond donors (Lipinski definition) is 2. The number of hydrogen-bond acceptors (Lipinski definition) is 4. The van der Waals surface area contributed by atoms with Crippen LogP contribution in [0.4, 0.5) is 5.69 Å². The summed E-state index contributed by atoms with van der Waals surface area (Å²) in [5, 5.41) is 15.5. The zero-order valence-corrected chi connectivity index (χ0v) is 18.3. The first kappa shape index (κ1) is 20.7. The quantitative estimate of drug-likeness (QED) is 0.589. The summed E-state index contributed by atoms with van der Waals surface area (Å²) < 4.78 is 0. The van der Waals surface area contributed by atoms with E-state index in [0.29, 0.717) is 10.7 Å². The predicted molar refractivity (Wildman–Crippen MR) is 122 cm³/mol. The Bertz CT molecular complexity index is 1300. The van der Waals surface area contributed by atoms with E-state index in [2.05, 4.69) is 5.32 Å². The maximum atomic E-state index is 13.7. The van der Waals surface area contributed by atoms with Crippen molar-refractivity contribution < 1.29 is 19.5 Å². The fourth-order valence-electron chi connectivity index (χ4n) is 5.10. The number of carbonyl (C=O) groups excluding carboxylic acids is 2. The fourth-order valence-corrected chi connectivity index (χ4v) is 5.27. The molecule has 5 rings (SSSR count). The molecule has 2 aliphatic rings. The number of rotatable bonds is 3. The van der Waals surface area contributed by atoms with E-state index in [4.69, 9.17) is 11.6 Å². The zero-order chi connectivity index (χ0) is 22.8. The largest absolute Gasteiger partial charge is 0.480 e. The highest BCUT2D eigenvalue weighted by Crippen LogP contribution is 2.50. The standard InChI is InChI=1S/C25H21ClN2O4/c1-13-10-11-15(12-18(13)26)28-22(29)19-20(23(28)30)25(2,24(31)32)27-21(19)17-9-5-7-14-6-3-4-8-16(14)17/h3-12,19-21,27H,1-2H3,(H,31,32). The fraction of sp³-hybridized carbons (Fsp3) is 0.240. The maximum absolute atomic E-state index is 13.7. The lowest BCUT2D eigenvalue weighted by molar-refractivity contribution is -0.147. The molecule has 3 aromatic carbocycles. The van der Waals surface area contributed by atoms with Gasteiger partial charge in [-0.3, -0.25) is 19.7 Å². The van der Waals surface area contributed by atoms with Gasteiger partial charge in [-0.1, -0.05) is 60.1 Å². The van der Waals surface area contributed by atoms with Gasteiger partial charge in [0.1, 0.15) is 5.54 Å². The van der Waals surface area contributed by atoms with E-state index in [1.165, 1.54) is 6.92 Å². The van der Waals surface area contributed by atoms with Gasteiger partial charge in [0, 0.05) is 11.1 Å². The Kier molecular flexibility index (Phi) is 4.62. The van der Waals surface area contributed by atoms with Crippen LogP contribution in [0.2, 0.25) is 5.02 Å². The van der Waals surface area contributed by atoms with E-state index in [-0.39, 0.29) is 0 Å². The molecule has 3 aromatic rings. The second-order valence-electron chi connectivity index (χ2n) is 8.65. The normalized spacial score (nSPS) is 27.2. The SMILES string of the molecule is Cc1ccc(N2C(=O)C3C(c4cccc5ccccc45)NC(C)(C(=O)O)C3C2=O)cc1Cl. The molecule has 0 spiro atoms. The van der Waals surface area contributed by atoms with Crippen molar-refractivity contribution in [3.8, 4) is 0 Å². The van der Waals surface area contributed by atoms with E-state index in [1.54, 1.807) is 18.2 Å².